The van der Waals surface area contributed by atoms with Gasteiger partial charge in [-0.15, -0.1) is 0 Å². The van der Waals surface area contributed by atoms with E-state index >= 15 is 0 Å². The number of rotatable bonds is 7. The molecule has 0 bridgehead atoms. The van der Waals surface area contributed by atoms with Gasteiger partial charge in [-0.25, -0.2) is 0 Å². The lowest BCUT2D eigenvalue weighted by Crippen LogP contribution is -2.07. The third-order valence-corrected chi connectivity index (χ3v) is 3.34. The van der Waals surface area contributed by atoms with E-state index in [4.69, 9.17) is 0 Å². The second-order valence-electron chi connectivity index (χ2n) is 3.66. The van der Waals surface area contributed by atoms with E-state index in [-0.39, 0.29) is 6.10 Å². The Balaban J connectivity index is 1.84. The molecule has 0 aromatic carbocycles. The van der Waals surface area contributed by atoms with Crippen LogP contribution in [-0.2, 0) is 0 Å². The van der Waals surface area contributed by atoms with Crippen molar-refractivity contribution >= 4 is 11.8 Å². The maximum Gasteiger partial charge on any atom is 0.0548 e. The largest absolute Gasteiger partial charge is 0.393 e. The van der Waals surface area contributed by atoms with Gasteiger partial charge in [-0.3, -0.25) is 0 Å². The molecule has 1 atom stereocenters. The third-order valence-electron chi connectivity index (χ3n) is 2.40. The average molecular weight is 188 g/mol. The molecule has 2 heteroatoms. The zero-order valence-corrected chi connectivity index (χ0v) is 8.78. The Bertz CT molecular complexity index is 112. The molecule has 0 aromatic heterocycles. The molecule has 1 N–H and O–H groups in total. The molecule has 12 heavy (non-hydrogen) atoms. The first-order valence-corrected chi connectivity index (χ1v) is 6.24. The van der Waals surface area contributed by atoms with Gasteiger partial charge in [0.2, 0.25) is 0 Å². The van der Waals surface area contributed by atoms with Crippen LogP contribution in [0.3, 0.4) is 0 Å². The van der Waals surface area contributed by atoms with Crippen molar-refractivity contribution < 1.29 is 5.11 Å². The average Bonchev–Trinajstić information content (AvgIpc) is 2.84. The smallest absolute Gasteiger partial charge is 0.0548 e. The highest BCUT2D eigenvalue weighted by Crippen LogP contribution is 2.34. The summed E-state index contributed by atoms with van der Waals surface area (Å²) in [6.45, 7) is 2.17. The van der Waals surface area contributed by atoms with Crippen molar-refractivity contribution in [3.8, 4) is 0 Å². The Hall–Kier alpha value is 0.310. The molecule has 0 aromatic rings. The van der Waals surface area contributed by atoms with Crippen molar-refractivity contribution in [2.45, 2.75) is 45.1 Å². The van der Waals surface area contributed by atoms with Gasteiger partial charge in [0, 0.05) is 0 Å². The van der Waals surface area contributed by atoms with E-state index < -0.39 is 0 Å². The second-order valence-corrected chi connectivity index (χ2v) is 5.05. The Labute approximate surface area is 79.9 Å². The van der Waals surface area contributed by atoms with Gasteiger partial charge in [0.25, 0.3) is 0 Å². The standard InChI is InChI=1S/C10H20OS/c1-2-12-8-7-10(11)6-5-9-3-4-9/h9-11H,2-8H2,1H3. The highest BCUT2D eigenvalue weighted by molar-refractivity contribution is 7.99. The van der Waals surface area contributed by atoms with Crippen LogP contribution in [0.15, 0.2) is 0 Å². The molecule has 72 valence electrons. The zero-order chi connectivity index (χ0) is 8.81. The minimum absolute atomic E-state index is 0.0235. The van der Waals surface area contributed by atoms with E-state index in [0.29, 0.717) is 0 Å². The number of aliphatic hydroxyl groups is 1. The molecule has 1 saturated carbocycles. The van der Waals surface area contributed by atoms with Crippen molar-refractivity contribution in [1.82, 2.24) is 0 Å². The van der Waals surface area contributed by atoms with Crippen LogP contribution in [-0.4, -0.2) is 22.7 Å². The summed E-state index contributed by atoms with van der Waals surface area (Å²) in [5, 5.41) is 9.54. The maximum absolute atomic E-state index is 9.54. The third kappa shape index (κ3) is 5.04. The number of aliphatic hydroxyl groups excluding tert-OH is 1. The van der Waals surface area contributed by atoms with Gasteiger partial charge >= 0.3 is 0 Å². The topological polar surface area (TPSA) is 20.2 Å². The molecule has 1 fully saturated rings. The van der Waals surface area contributed by atoms with Crippen molar-refractivity contribution in [1.29, 1.82) is 0 Å². The Morgan fingerprint density at radius 2 is 2.17 bits per heavy atom. The van der Waals surface area contributed by atoms with Crippen LogP contribution in [0, 0.1) is 5.92 Å². The fourth-order valence-electron chi connectivity index (χ4n) is 1.34. The highest BCUT2D eigenvalue weighted by Gasteiger charge is 2.21. The Morgan fingerprint density at radius 1 is 1.42 bits per heavy atom. The summed E-state index contributed by atoms with van der Waals surface area (Å²) in [5.41, 5.74) is 0. The van der Waals surface area contributed by atoms with E-state index in [1.54, 1.807) is 0 Å². The van der Waals surface area contributed by atoms with Gasteiger partial charge in [0.1, 0.15) is 0 Å². The van der Waals surface area contributed by atoms with Gasteiger partial charge in [0.05, 0.1) is 6.10 Å². The summed E-state index contributed by atoms with van der Waals surface area (Å²) in [6, 6.07) is 0. The van der Waals surface area contributed by atoms with E-state index in [9.17, 15) is 5.11 Å². The fourth-order valence-corrected chi connectivity index (χ4v) is 2.07. The van der Waals surface area contributed by atoms with Crippen LogP contribution < -0.4 is 0 Å². The second kappa shape index (κ2) is 5.87. The van der Waals surface area contributed by atoms with Crippen LogP contribution in [0.5, 0.6) is 0 Å². The molecule has 1 nitrogen and oxygen atoms in total. The van der Waals surface area contributed by atoms with Crippen molar-refractivity contribution in [3.05, 3.63) is 0 Å². The fraction of sp³-hybridized carbons (Fsp3) is 1.00. The molecule has 1 aliphatic rings. The monoisotopic (exact) mass is 188 g/mol. The first-order valence-electron chi connectivity index (χ1n) is 5.08. The van der Waals surface area contributed by atoms with Crippen molar-refractivity contribution in [3.63, 3.8) is 0 Å². The summed E-state index contributed by atoms with van der Waals surface area (Å²) in [7, 11) is 0. The Morgan fingerprint density at radius 3 is 2.75 bits per heavy atom. The summed E-state index contributed by atoms with van der Waals surface area (Å²) >= 11 is 1.93. The van der Waals surface area contributed by atoms with Gasteiger partial charge in [0.15, 0.2) is 0 Å². The van der Waals surface area contributed by atoms with Gasteiger partial charge < -0.3 is 5.11 Å². The predicted molar refractivity (Wildman–Crippen MR) is 55.6 cm³/mol. The highest BCUT2D eigenvalue weighted by atomic mass is 32.2. The van der Waals surface area contributed by atoms with Crippen LogP contribution in [0.2, 0.25) is 0 Å². The van der Waals surface area contributed by atoms with E-state index in [2.05, 4.69) is 6.92 Å². The lowest BCUT2D eigenvalue weighted by molar-refractivity contribution is 0.157. The SMILES string of the molecule is CCSCCC(O)CCC1CC1. The molecular weight excluding hydrogens is 168 g/mol. The summed E-state index contributed by atoms with van der Waals surface area (Å²) in [4.78, 5) is 0. The van der Waals surface area contributed by atoms with Gasteiger partial charge in [-0.2, -0.15) is 11.8 Å². The van der Waals surface area contributed by atoms with Crippen molar-refractivity contribution in [2.24, 2.45) is 5.92 Å². The van der Waals surface area contributed by atoms with Crippen molar-refractivity contribution in [2.75, 3.05) is 11.5 Å². The van der Waals surface area contributed by atoms with Crippen LogP contribution in [0.25, 0.3) is 0 Å². The number of thioether (sulfide) groups is 1. The number of hydrogen-bond donors (Lipinski definition) is 1. The van der Waals surface area contributed by atoms with Crippen LogP contribution in [0.4, 0.5) is 0 Å². The lowest BCUT2D eigenvalue weighted by atomic mass is 10.1. The van der Waals surface area contributed by atoms with Crippen LogP contribution >= 0.6 is 11.8 Å². The molecule has 1 unspecified atom stereocenters. The minimum atomic E-state index is -0.0235. The predicted octanol–water partition coefficient (Wildman–Crippen LogP) is 2.68. The van der Waals surface area contributed by atoms with E-state index in [1.165, 1.54) is 25.0 Å². The van der Waals surface area contributed by atoms with E-state index in [0.717, 1.165) is 24.5 Å². The molecule has 0 heterocycles. The normalized spacial score (nSPS) is 19.5. The first-order chi connectivity index (χ1) is 5.83. The molecule has 1 aliphatic carbocycles. The summed E-state index contributed by atoms with van der Waals surface area (Å²) in [5.74, 6) is 3.27. The maximum atomic E-state index is 9.54. The van der Waals surface area contributed by atoms with Crippen LogP contribution in [0.1, 0.15) is 39.0 Å². The minimum Gasteiger partial charge on any atom is -0.393 e. The quantitative estimate of drug-likeness (QED) is 0.620. The van der Waals surface area contributed by atoms with E-state index in [1.807, 2.05) is 11.8 Å². The Kier molecular flexibility index (Phi) is 5.08. The zero-order valence-electron chi connectivity index (χ0n) is 7.96. The number of hydrogen-bond acceptors (Lipinski definition) is 2. The molecule has 1 rings (SSSR count). The molecule has 0 saturated heterocycles. The molecule has 0 aliphatic heterocycles. The van der Waals surface area contributed by atoms with Gasteiger partial charge in [-0.1, -0.05) is 19.8 Å². The molecular formula is C10H20OS. The summed E-state index contributed by atoms with van der Waals surface area (Å²) < 4.78 is 0. The molecule has 0 amide bonds. The summed E-state index contributed by atoms with van der Waals surface area (Å²) in [6.07, 6.45) is 6.09. The first kappa shape index (κ1) is 10.4. The molecule has 0 spiro atoms. The van der Waals surface area contributed by atoms with Gasteiger partial charge in [-0.05, 0) is 36.7 Å². The molecule has 0 radical (unpaired) electrons. The lowest BCUT2D eigenvalue weighted by Gasteiger charge is -2.08.